The molecule has 1 heterocycles. The number of aromatic amines is 1. The van der Waals surface area contributed by atoms with E-state index in [2.05, 4.69) is 20.9 Å². The number of carbonyl (C=O) groups excluding carboxylic acids is 1. The normalized spacial score (nSPS) is 12.1. The van der Waals surface area contributed by atoms with Crippen molar-refractivity contribution in [2.24, 2.45) is 0 Å². The number of carbonyl (C=O) groups is 1. The van der Waals surface area contributed by atoms with E-state index in [-0.39, 0.29) is 18.3 Å². The maximum Gasteiger partial charge on any atom is 0.314 e. The summed E-state index contributed by atoms with van der Waals surface area (Å²) in [7, 11) is 0. The van der Waals surface area contributed by atoms with Crippen LogP contribution in [0.4, 0.5) is 5.69 Å². The van der Waals surface area contributed by atoms with Crippen molar-refractivity contribution in [3.05, 3.63) is 62.7 Å². The van der Waals surface area contributed by atoms with Gasteiger partial charge in [0, 0.05) is 32.7 Å². The van der Waals surface area contributed by atoms with Crippen LogP contribution >= 0.6 is 15.9 Å². The van der Waals surface area contributed by atoms with Crippen molar-refractivity contribution < 1.29 is 14.5 Å². The predicted molar refractivity (Wildman–Crippen MR) is 103 cm³/mol. The summed E-state index contributed by atoms with van der Waals surface area (Å²) in [5, 5.41) is 12.4. The number of nitrogens with zero attached hydrogens (tertiary/aromatic N) is 1. The topological polar surface area (TPSA) is 85.2 Å². The van der Waals surface area contributed by atoms with E-state index in [0.717, 1.165) is 10.9 Å². The molecule has 3 rings (SSSR count). The van der Waals surface area contributed by atoms with E-state index in [9.17, 15) is 14.9 Å². The molecule has 0 amide bonds. The molecule has 0 aliphatic heterocycles. The number of nitro groups is 1. The molecule has 7 heteroatoms. The third-order valence-electron chi connectivity index (χ3n) is 4.23. The quantitative estimate of drug-likeness (QED) is 0.353. The van der Waals surface area contributed by atoms with Gasteiger partial charge < -0.3 is 9.72 Å². The molecule has 0 saturated carbocycles. The van der Waals surface area contributed by atoms with E-state index in [0.29, 0.717) is 21.3 Å². The highest BCUT2D eigenvalue weighted by molar-refractivity contribution is 9.10. The van der Waals surface area contributed by atoms with Crippen molar-refractivity contribution >= 4 is 38.5 Å². The monoisotopic (exact) mass is 416 g/mol. The zero-order chi connectivity index (χ0) is 18.8. The molecule has 0 aliphatic carbocycles. The number of benzene rings is 2. The van der Waals surface area contributed by atoms with Gasteiger partial charge in [0.1, 0.15) is 0 Å². The Morgan fingerprint density at radius 3 is 2.73 bits per heavy atom. The number of H-pyrrole nitrogens is 1. The van der Waals surface area contributed by atoms with Gasteiger partial charge in [-0.1, -0.05) is 34.1 Å². The minimum Gasteiger partial charge on any atom is -0.465 e. The van der Waals surface area contributed by atoms with E-state index in [1.54, 1.807) is 26.0 Å². The minimum atomic E-state index is -0.583. The molecular formula is C19H17BrN2O4. The van der Waals surface area contributed by atoms with Crippen molar-refractivity contribution in [2.45, 2.75) is 19.8 Å². The Kier molecular flexibility index (Phi) is 5.08. The van der Waals surface area contributed by atoms with Crippen LogP contribution in [0.15, 0.2) is 46.9 Å². The van der Waals surface area contributed by atoms with Crippen LogP contribution in [-0.4, -0.2) is 22.5 Å². The number of rotatable bonds is 5. The highest BCUT2D eigenvalue weighted by Gasteiger charge is 2.28. The van der Waals surface area contributed by atoms with Gasteiger partial charge in [0.25, 0.3) is 5.69 Å². The number of hydrogen-bond donors (Lipinski definition) is 1. The Labute approximate surface area is 158 Å². The molecule has 2 aromatic carbocycles. The van der Waals surface area contributed by atoms with Gasteiger partial charge in [0.2, 0.25) is 0 Å². The molecule has 6 nitrogen and oxygen atoms in total. The molecular weight excluding hydrogens is 400 g/mol. The molecule has 134 valence electrons. The Balaban J connectivity index is 2.30. The van der Waals surface area contributed by atoms with Gasteiger partial charge >= 0.3 is 5.97 Å². The second kappa shape index (κ2) is 7.29. The number of nitro benzene ring substituents is 1. The first-order valence-corrected chi connectivity index (χ1v) is 8.94. The molecule has 1 aromatic heterocycles. The first-order chi connectivity index (χ1) is 12.4. The maximum absolute atomic E-state index is 12.3. The zero-order valence-corrected chi connectivity index (χ0v) is 15.9. The van der Waals surface area contributed by atoms with Crippen molar-refractivity contribution in [1.29, 1.82) is 0 Å². The zero-order valence-electron chi connectivity index (χ0n) is 14.3. The lowest BCUT2D eigenvalue weighted by atomic mass is 9.95. The first kappa shape index (κ1) is 18.1. The average Bonchev–Trinajstić information content (AvgIpc) is 3.00. The van der Waals surface area contributed by atoms with Gasteiger partial charge in [0.05, 0.1) is 23.0 Å². The number of esters is 1. The van der Waals surface area contributed by atoms with Crippen molar-refractivity contribution in [3.63, 3.8) is 0 Å². The molecule has 0 radical (unpaired) electrons. The van der Waals surface area contributed by atoms with E-state index in [1.165, 1.54) is 6.07 Å². The van der Waals surface area contributed by atoms with Crippen LogP contribution in [0.5, 0.6) is 0 Å². The summed E-state index contributed by atoms with van der Waals surface area (Å²) in [6.07, 6.45) is 0. The summed E-state index contributed by atoms with van der Waals surface area (Å²) in [4.78, 5) is 26.7. The number of halogens is 1. The first-order valence-electron chi connectivity index (χ1n) is 8.15. The number of fused-ring (bicyclic) bond motifs is 1. The highest BCUT2D eigenvalue weighted by Crippen LogP contribution is 2.41. The largest absolute Gasteiger partial charge is 0.465 e. The highest BCUT2D eigenvalue weighted by atomic mass is 79.9. The molecule has 26 heavy (non-hydrogen) atoms. The third kappa shape index (κ3) is 3.22. The van der Waals surface area contributed by atoms with Crippen molar-refractivity contribution in [1.82, 2.24) is 4.98 Å². The molecule has 0 aliphatic rings. The summed E-state index contributed by atoms with van der Waals surface area (Å²) in [6.45, 7) is 3.75. The summed E-state index contributed by atoms with van der Waals surface area (Å²) in [5.41, 5.74) is 2.50. The molecule has 1 atom stereocenters. The number of aromatic nitrogens is 1. The molecule has 0 saturated heterocycles. The standard InChI is InChI=1S/C19H17BrN2O4/c1-3-26-19(23)11(2)18-17(13-6-4-5-7-15(13)21-18)14-9-8-12(20)10-16(14)22(24)25/h4-11,21H,3H2,1-2H3. The van der Waals surface area contributed by atoms with Crippen LogP contribution in [-0.2, 0) is 9.53 Å². The second-order valence-electron chi connectivity index (χ2n) is 5.85. The molecule has 0 fully saturated rings. The van der Waals surface area contributed by atoms with Gasteiger partial charge in [-0.2, -0.15) is 0 Å². The van der Waals surface area contributed by atoms with Crippen LogP contribution in [0.2, 0.25) is 0 Å². The van der Waals surface area contributed by atoms with Gasteiger partial charge in [-0.05, 0) is 32.0 Å². The Bertz CT molecular complexity index is 996. The number of ether oxygens (including phenoxy) is 1. The lowest BCUT2D eigenvalue weighted by Gasteiger charge is -2.12. The van der Waals surface area contributed by atoms with Crippen LogP contribution in [0, 0.1) is 10.1 Å². The van der Waals surface area contributed by atoms with Gasteiger partial charge in [-0.15, -0.1) is 0 Å². The Morgan fingerprint density at radius 1 is 1.31 bits per heavy atom. The number of para-hydroxylation sites is 1. The maximum atomic E-state index is 12.3. The average molecular weight is 417 g/mol. The molecule has 3 aromatic rings. The van der Waals surface area contributed by atoms with E-state index < -0.39 is 10.8 Å². The molecule has 0 spiro atoms. The number of nitrogens with one attached hydrogen (secondary N) is 1. The van der Waals surface area contributed by atoms with Crippen molar-refractivity contribution in [3.8, 4) is 11.1 Å². The summed E-state index contributed by atoms with van der Waals surface area (Å²) < 4.78 is 5.76. The summed E-state index contributed by atoms with van der Waals surface area (Å²) >= 11 is 3.28. The lowest BCUT2D eigenvalue weighted by molar-refractivity contribution is -0.384. The molecule has 1 N–H and O–H groups in total. The Hall–Kier alpha value is -2.67. The third-order valence-corrected chi connectivity index (χ3v) is 4.73. The fourth-order valence-corrected chi connectivity index (χ4v) is 3.38. The second-order valence-corrected chi connectivity index (χ2v) is 6.77. The fraction of sp³-hybridized carbons (Fsp3) is 0.211. The van der Waals surface area contributed by atoms with Gasteiger partial charge in [-0.3, -0.25) is 14.9 Å². The summed E-state index contributed by atoms with van der Waals surface area (Å²) in [6, 6.07) is 12.4. The fourth-order valence-electron chi connectivity index (χ4n) is 3.03. The van der Waals surface area contributed by atoms with Crippen LogP contribution in [0.25, 0.3) is 22.0 Å². The van der Waals surface area contributed by atoms with Gasteiger partial charge in [-0.25, -0.2) is 0 Å². The van der Waals surface area contributed by atoms with E-state index in [4.69, 9.17) is 4.74 Å². The van der Waals surface area contributed by atoms with Gasteiger partial charge in [0.15, 0.2) is 0 Å². The molecule has 1 unspecified atom stereocenters. The van der Waals surface area contributed by atoms with Crippen LogP contribution < -0.4 is 0 Å². The van der Waals surface area contributed by atoms with Crippen LogP contribution in [0.1, 0.15) is 25.5 Å². The summed E-state index contributed by atoms with van der Waals surface area (Å²) in [5.74, 6) is -0.958. The Morgan fingerprint density at radius 2 is 2.04 bits per heavy atom. The van der Waals surface area contributed by atoms with E-state index in [1.807, 2.05) is 24.3 Å². The van der Waals surface area contributed by atoms with Crippen molar-refractivity contribution in [2.75, 3.05) is 6.61 Å². The number of hydrogen-bond acceptors (Lipinski definition) is 4. The van der Waals surface area contributed by atoms with Crippen LogP contribution in [0.3, 0.4) is 0 Å². The lowest BCUT2D eigenvalue weighted by Crippen LogP contribution is -2.14. The predicted octanol–water partition coefficient (Wildman–Crippen LogP) is 5.17. The van der Waals surface area contributed by atoms with E-state index >= 15 is 0 Å². The molecule has 0 bridgehead atoms. The SMILES string of the molecule is CCOC(=O)C(C)c1[nH]c2ccccc2c1-c1ccc(Br)cc1[N+](=O)[O-]. The minimum absolute atomic E-state index is 0.0264. The smallest absolute Gasteiger partial charge is 0.314 e.